The number of rotatable bonds is 11. The summed E-state index contributed by atoms with van der Waals surface area (Å²) < 4.78 is 1.84. The molecule has 0 aliphatic heterocycles. The molecule has 1 aliphatic rings. The predicted molar refractivity (Wildman–Crippen MR) is 160 cm³/mol. The van der Waals surface area contributed by atoms with Gasteiger partial charge in [-0.1, -0.05) is 73.3 Å². The second kappa shape index (κ2) is 13.0. The Morgan fingerprint density at radius 3 is 2.59 bits per heavy atom. The van der Waals surface area contributed by atoms with Crippen LogP contribution in [0.15, 0.2) is 72.9 Å². The van der Waals surface area contributed by atoms with Gasteiger partial charge in [-0.15, -0.1) is 0 Å². The first-order valence-corrected chi connectivity index (χ1v) is 14.4. The number of benzene rings is 2. The second-order valence-electron chi connectivity index (χ2n) is 11.1. The van der Waals surface area contributed by atoms with Crippen molar-refractivity contribution in [3.8, 4) is 16.9 Å². The van der Waals surface area contributed by atoms with E-state index in [9.17, 15) is 9.90 Å². The molecule has 1 saturated carbocycles. The van der Waals surface area contributed by atoms with Gasteiger partial charge in [-0.25, -0.2) is 4.52 Å². The van der Waals surface area contributed by atoms with E-state index in [1.54, 1.807) is 12.3 Å². The van der Waals surface area contributed by atoms with Gasteiger partial charge in [0.1, 0.15) is 25.2 Å². The summed E-state index contributed by atoms with van der Waals surface area (Å²) in [4.78, 5) is 12.8. The number of Topliss-reactive ketones (excluding diaryl/α,β-unsaturated/α-hetero) is 1. The molecule has 0 spiro atoms. The molecule has 0 saturated heterocycles. The van der Waals surface area contributed by atoms with E-state index in [0.29, 0.717) is 35.9 Å². The first-order valence-electron chi connectivity index (χ1n) is 14.4. The topological polar surface area (TPSA) is 66.6 Å². The molecule has 0 bridgehead atoms. The first-order chi connectivity index (χ1) is 19.1. The van der Waals surface area contributed by atoms with Crippen molar-refractivity contribution < 1.29 is 9.90 Å². The molecule has 4 aromatic rings. The maximum Gasteiger partial charge on any atom is 0.133 e. The summed E-state index contributed by atoms with van der Waals surface area (Å²) in [5, 5.41) is 18.6. The van der Waals surface area contributed by atoms with Crippen LogP contribution < -0.4 is 10.8 Å². The molecule has 1 aliphatic carbocycles. The highest BCUT2D eigenvalue weighted by molar-refractivity contribution is 6.36. The van der Waals surface area contributed by atoms with Crippen LogP contribution in [-0.4, -0.2) is 34.9 Å². The van der Waals surface area contributed by atoms with Crippen molar-refractivity contribution in [3.05, 3.63) is 78.5 Å². The average Bonchev–Trinajstić information content (AvgIpc) is 3.18. The number of unbranched alkanes of at least 4 members (excludes halogenated alkanes) is 1. The van der Waals surface area contributed by atoms with Gasteiger partial charge in [0.25, 0.3) is 0 Å². The maximum absolute atomic E-state index is 12.8. The standard InChI is InChI=1S/C33H38BN3O2/c34-30-23-36-37-31(30)20-27(29-16-8-9-17-32(29)39)21-33(37)35-22-26-14-5-4-13-25(18-26)19-28(38)15-7-6-12-24-10-2-1-3-11-24/h1-3,8-11,16-17,20-21,23,25-26,35,39H,4-7,12-15,18-19,22H2. The monoisotopic (exact) mass is 519 g/mol. The van der Waals surface area contributed by atoms with E-state index in [1.807, 2.05) is 40.9 Å². The van der Waals surface area contributed by atoms with Crippen molar-refractivity contribution in [1.82, 2.24) is 9.61 Å². The van der Waals surface area contributed by atoms with Crippen LogP contribution >= 0.6 is 0 Å². The van der Waals surface area contributed by atoms with Gasteiger partial charge in [0, 0.05) is 31.1 Å². The van der Waals surface area contributed by atoms with E-state index in [0.717, 1.165) is 67.5 Å². The molecule has 2 heterocycles. The number of hydrogen-bond donors (Lipinski definition) is 2. The largest absolute Gasteiger partial charge is 0.507 e. The number of anilines is 1. The number of aromatic nitrogens is 2. The summed E-state index contributed by atoms with van der Waals surface area (Å²) in [6.45, 7) is 0.820. The van der Waals surface area contributed by atoms with Crippen molar-refractivity contribution >= 4 is 30.4 Å². The molecular formula is C33H38BN3O2. The number of fused-ring (bicyclic) bond motifs is 1. The van der Waals surface area contributed by atoms with E-state index < -0.39 is 0 Å². The van der Waals surface area contributed by atoms with Crippen LogP contribution in [0.2, 0.25) is 0 Å². The lowest BCUT2D eigenvalue weighted by Gasteiger charge is -2.21. The second-order valence-corrected chi connectivity index (χ2v) is 11.1. The summed E-state index contributed by atoms with van der Waals surface area (Å²) in [6, 6.07) is 21.9. The Balaban J connectivity index is 1.18. The minimum absolute atomic E-state index is 0.238. The highest BCUT2D eigenvalue weighted by atomic mass is 16.3. The van der Waals surface area contributed by atoms with E-state index in [1.165, 1.54) is 18.4 Å². The number of phenolic OH excluding ortho intramolecular Hbond substituents is 1. The van der Waals surface area contributed by atoms with Crippen LogP contribution in [0, 0.1) is 11.8 Å². The number of para-hydroxylation sites is 1. The number of ketones is 1. The number of aromatic hydroxyl groups is 1. The number of carbonyl (C=O) groups excluding carboxylic acids is 1. The Morgan fingerprint density at radius 1 is 1.00 bits per heavy atom. The molecule has 200 valence electrons. The molecule has 2 N–H and O–H groups in total. The molecule has 2 unspecified atom stereocenters. The first kappa shape index (κ1) is 27.0. The number of nitrogens with zero attached hydrogens (tertiary/aromatic N) is 2. The number of phenols is 1. The van der Waals surface area contributed by atoms with Crippen molar-refractivity contribution in [1.29, 1.82) is 0 Å². The SMILES string of the molecule is [B]c1cnn2c(NCC3CCCCC(CC(=O)CCCCc4ccccc4)C3)cc(-c3ccccc3O)cc12. The van der Waals surface area contributed by atoms with Crippen LogP contribution in [0.5, 0.6) is 5.75 Å². The highest BCUT2D eigenvalue weighted by Gasteiger charge is 2.23. The van der Waals surface area contributed by atoms with Gasteiger partial charge in [-0.2, -0.15) is 5.10 Å². The third-order valence-corrected chi connectivity index (χ3v) is 8.11. The fraction of sp³-hybridized carbons (Fsp3) is 0.394. The molecule has 6 heteroatoms. The lowest BCUT2D eigenvalue weighted by Crippen LogP contribution is -2.19. The number of carbonyl (C=O) groups is 1. The van der Waals surface area contributed by atoms with Gasteiger partial charge in [0.05, 0.1) is 5.52 Å². The number of pyridine rings is 1. The summed E-state index contributed by atoms with van der Waals surface area (Å²) in [6.07, 6.45) is 12.0. The molecule has 2 atom stereocenters. The van der Waals surface area contributed by atoms with Crippen molar-refractivity contribution in [2.75, 3.05) is 11.9 Å². The molecular weight excluding hydrogens is 481 g/mol. The fourth-order valence-corrected chi connectivity index (χ4v) is 6.02. The van der Waals surface area contributed by atoms with Crippen LogP contribution in [0.1, 0.15) is 63.4 Å². The zero-order valence-corrected chi connectivity index (χ0v) is 22.7. The molecule has 1 fully saturated rings. The predicted octanol–water partition coefficient (Wildman–Crippen LogP) is 6.48. The van der Waals surface area contributed by atoms with E-state index in [4.69, 9.17) is 7.85 Å². The Morgan fingerprint density at radius 2 is 1.77 bits per heavy atom. The van der Waals surface area contributed by atoms with Gasteiger partial charge < -0.3 is 10.4 Å². The van der Waals surface area contributed by atoms with Gasteiger partial charge >= 0.3 is 0 Å². The summed E-state index contributed by atoms with van der Waals surface area (Å²) in [5.74, 6) is 2.49. The van der Waals surface area contributed by atoms with Crippen LogP contribution in [-0.2, 0) is 11.2 Å². The van der Waals surface area contributed by atoms with Crippen LogP contribution in [0.3, 0.4) is 0 Å². The Bertz CT molecular complexity index is 1380. The minimum atomic E-state index is 0.238. The average molecular weight is 519 g/mol. The summed E-state index contributed by atoms with van der Waals surface area (Å²) in [7, 11) is 6.22. The summed E-state index contributed by atoms with van der Waals surface area (Å²) >= 11 is 0. The molecule has 2 aromatic heterocycles. The molecule has 0 amide bonds. The third-order valence-electron chi connectivity index (χ3n) is 8.11. The van der Waals surface area contributed by atoms with Crippen molar-refractivity contribution in [2.45, 2.75) is 64.2 Å². The molecule has 39 heavy (non-hydrogen) atoms. The molecule has 2 aromatic carbocycles. The normalized spacial score (nSPS) is 17.6. The quantitative estimate of drug-likeness (QED) is 0.135. The number of nitrogens with one attached hydrogen (secondary N) is 1. The zero-order valence-electron chi connectivity index (χ0n) is 22.7. The minimum Gasteiger partial charge on any atom is -0.507 e. The van der Waals surface area contributed by atoms with Crippen LogP contribution in [0.25, 0.3) is 16.6 Å². The number of aryl methyl sites for hydroxylation is 1. The lowest BCUT2D eigenvalue weighted by atomic mass is 9.88. The molecule has 5 rings (SSSR count). The van der Waals surface area contributed by atoms with Gasteiger partial charge in [-0.3, -0.25) is 4.79 Å². The maximum atomic E-state index is 12.8. The van der Waals surface area contributed by atoms with Gasteiger partial charge in [-0.05, 0) is 73.3 Å². The molecule has 5 nitrogen and oxygen atoms in total. The third kappa shape index (κ3) is 7.11. The lowest BCUT2D eigenvalue weighted by molar-refractivity contribution is -0.120. The molecule has 2 radical (unpaired) electrons. The van der Waals surface area contributed by atoms with Gasteiger partial charge in [0.15, 0.2) is 0 Å². The van der Waals surface area contributed by atoms with E-state index in [2.05, 4.69) is 34.7 Å². The Kier molecular flexibility index (Phi) is 9.02. The van der Waals surface area contributed by atoms with Crippen LogP contribution in [0.4, 0.5) is 5.82 Å². The smallest absolute Gasteiger partial charge is 0.133 e. The highest BCUT2D eigenvalue weighted by Crippen LogP contribution is 2.33. The zero-order chi connectivity index (χ0) is 27.0. The van der Waals surface area contributed by atoms with Crippen molar-refractivity contribution in [3.63, 3.8) is 0 Å². The Hall–Kier alpha value is -3.54. The fourth-order valence-electron chi connectivity index (χ4n) is 6.02. The number of hydrogen-bond acceptors (Lipinski definition) is 4. The van der Waals surface area contributed by atoms with Gasteiger partial charge in [0.2, 0.25) is 0 Å². The summed E-state index contributed by atoms with van der Waals surface area (Å²) in [5.41, 5.74) is 4.43. The van der Waals surface area contributed by atoms with Crippen molar-refractivity contribution in [2.24, 2.45) is 11.8 Å². The Labute approximate surface area is 233 Å². The van der Waals surface area contributed by atoms with E-state index in [-0.39, 0.29) is 5.75 Å². The van der Waals surface area contributed by atoms with E-state index >= 15 is 0 Å².